The van der Waals surface area contributed by atoms with Crippen LogP contribution in [0.2, 0.25) is 0 Å². The molecule has 0 radical (unpaired) electrons. The van der Waals surface area contributed by atoms with Crippen LogP contribution in [-0.4, -0.2) is 47.8 Å². The number of nitrogens with zero attached hydrogens (tertiary/aromatic N) is 1. The number of rotatable bonds is 5. The lowest BCUT2D eigenvalue weighted by Gasteiger charge is -2.43. The quantitative estimate of drug-likeness (QED) is 0.812. The number of piperidine rings is 1. The Hall–Kier alpha value is -0.120. The van der Waals surface area contributed by atoms with Crippen molar-refractivity contribution >= 4 is 0 Å². The zero-order valence-corrected chi connectivity index (χ0v) is 13.1. The van der Waals surface area contributed by atoms with Crippen LogP contribution >= 0.6 is 0 Å². The third-order valence-electron chi connectivity index (χ3n) is 5.95. The van der Waals surface area contributed by atoms with E-state index in [0.29, 0.717) is 12.0 Å². The number of aliphatic hydroxyl groups excluding tert-OH is 1. The summed E-state index contributed by atoms with van der Waals surface area (Å²) in [4.78, 5) is 2.69. The standard InChI is InChI=1S/C17H32N2O/c1-13(20)15-9-16(18-10-14-5-4-6-14)12-19(11-15)17-7-2-3-8-17/h13-18,20H,2-12H2,1H3. The minimum atomic E-state index is -0.160. The number of hydrogen-bond acceptors (Lipinski definition) is 3. The predicted molar refractivity (Wildman–Crippen MR) is 82.7 cm³/mol. The Morgan fingerprint density at radius 2 is 1.85 bits per heavy atom. The van der Waals surface area contributed by atoms with E-state index >= 15 is 0 Å². The van der Waals surface area contributed by atoms with Crippen molar-refractivity contribution in [1.82, 2.24) is 10.2 Å². The van der Waals surface area contributed by atoms with E-state index in [1.54, 1.807) is 0 Å². The largest absolute Gasteiger partial charge is 0.393 e. The molecule has 3 fully saturated rings. The molecule has 1 heterocycles. The van der Waals surface area contributed by atoms with Gasteiger partial charge in [-0.3, -0.25) is 4.90 Å². The zero-order valence-electron chi connectivity index (χ0n) is 13.1. The van der Waals surface area contributed by atoms with E-state index in [4.69, 9.17) is 0 Å². The Kier molecular flexibility index (Phi) is 5.00. The molecule has 3 rings (SSSR count). The summed E-state index contributed by atoms with van der Waals surface area (Å²) in [5.74, 6) is 1.39. The topological polar surface area (TPSA) is 35.5 Å². The monoisotopic (exact) mass is 280 g/mol. The van der Waals surface area contributed by atoms with E-state index in [1.165, 1.54) is 58.0 Å². The second-order valence-corrected chi connectivity index (χ2v) is 7.53. The van der Waals surface area contributed by atoms with Crippen molar-refractivity contribution in [3.05, 3.63) is 0 Å². The fourth-order valence-corrected chi connectivity index (χ4v) is 4.27. The van der Waals surface area contributed by atoms with Gasteiger partial charge in [0.2, 0.25) is 0 Å². The molecule has 1 aliphatic heterocycles. The highest BCUT2D eigenvalue weighted by atomic mass is 16.3. The Bertz CT molecular complexity index is 297. The molecule has 0 spiro atoms. The SMILES string of the molecule is CC(O)C1CC(NCC2CCC2)CN(C2CCCC2)C1. The molecule has 0 bridgehead atoms. The molecular weight excluding hydrogens is 248 g/mol. The van der Waals surface area contributed by atoms with E-state index < -0.39 is 0 Å². The summed E-state index contributed by atoms with van der Waals surface area (Å²) in [5.41, 5.74) is 0. The first kappa shape index (κ1) is 14.8. The zero-order chi connectivity index (χ0) is 13.9. The van der Waals surface area contributed by atoms with Crippen molar-refractivity contribution in [2.75, 3.05) is 19.6 Å². The van der Waals surface area contributed by atoms with Crippen molar-refractivity contribution in [1.29, 1.82) is 0 Å². The summed E-state index contributed by atoms with van der Waals surface area (Å²) in [6.07, 6.45) is 10.8. The fraction of sp³-hybridized carbons (Fsp3) is 1.00. The lowest BCUT2D eigenvalue weighted by Crippen LogP contribution is -2.54. The summed E-state index contributed by atoms with van der Waals surface area (Å²) in [6.45, 7) is 5.51. The molecule has 1 saturated heterocycles. The average molecular weight is 280 g/mol. The van der Waals surface area contributed by atoms with Crippen molar-refractivity contribution in [3.8, 4) is 0 Å². The van der Waals surface area contributed by atoms with Crippen LogP contribution < -0.4 is 5.32 Å². The number of hydrogen-bond donors (Lipinski definition) is 2. The van der Waals surface area contributed by atoms with Crippen LogP contribution in [-0.2, 0) is 0 Å². The van der Waals surface area contributed by atoms with Crippen LogP contribution in [0.1, 0.15) is 58.3 Å². The second-order valence-electron chi connectivity index (χ2n) is 7.53. The maximum absolute atomic E-state index is 10.0. The van der Waals surface area contributed by atoms with Gasteiger partial charge in [0.1, 0.15) is 0 Å². The molecule has 0 amide bonds. The van der Waals surface area contributed by atoms with Gasteiger partial charge in [-0.05, 0) is 57.4 Å². The minimum absolute atomic E-state index is 0.160. The van der Waals surface area contributed by atoms with Gasteiger partial charge in [0.05, 0.1) is 6.10 Å². The van der Waals surface area contributed by atoms with Gasteiger partial charge in [-0.15, -0.1) is 0 Å². The maximum atomic E-state index is 10.0. The molecule has 3 atom stereocenters. The van der Waals surface area contributed by atoms with Gasteiger partial charge in [-0.2, -0.15) is 0 Å². The van der Waals surface area contributed by atoms with Gasteiger partial charge in [0.15, 0.2) is 0 Å². The molecule has 0 aromatic carbocycles. The fourth-order valence-electron chi connectivity index (χ4n) is 4.27. The first-order valence-corrected chi connectivity index (χ1v) is 8.88. The van der Waals surface area contributed by atoms with Crippen molar-refractivity contribution in [3.63, 3.8) is 0 Å². The van der Waals surface area contributed by atoms with Gasteiger partial charge in [-0.25, -0.2) is 0 Å². The number of nitrogens with one attached hydrogen (secondary N) is 1. The third-order valence-corrected chi connectivity index (χ3v) is 5.95. The smallest absolute Gasteiger partial charge is 0.0553 e. The molecule has 3 unspecified atom stereocenters. The van der Waals surface area contributed by atoms with Gasteiger partial charge in [0.25, 0.3) is 0 Å². The molecule has 0 aromatic heterocycles. The Morgan fingerprint density at radius 3 is 2.45 bits per heavy atom. The summed E-state index contributed by atoms with van der Waals surface area (Å²) in [7, 11) is 0. The summed E-state index contributed by atoms with van der Waals surface area (Å²) in [6, 6.07) is 1.40. The predicted octanol–water partition coefficient (Wildman–Crippen LogP) is 2.39. The molecule has 20 heavy (non-hydrogen) atoms. The minimum Gasteiger partial charge on any atom is -0.393 e. The second kappa shape index (κ2) is 6.76. The lowest BCUT2D eigenvalue weighted by molar-refractivity contribution is 0.0287. The molecule has 116 valence electrons. The van der Waals surface area contributed by atoms with Gasteiger partial charge >= 0.3 is 0 Å². The van der Waals surface area contributed by atoms with Crippen molar-refractivity contribution in [2.24, 2.45) is 11.8 Å². The Balaban J connectivity index is 1.54. The molecule has 2 saturated carbocycles. The van der Waals surface area contributed by atoms with E-state index in [9.17, 15) is 5.11 Å². The highest BCUT2D eigenvalue weighted by Gasteiger charge is 2.34. The molecule has 3 heteroatoms. The van der Waals surface area contributed by atoms with E-state index in [1.807, 2.05) is 6.92 Å². The van der Waals surface area contributed by atoms with Crippen LogP contribution in [0.3, 0.4) is 0 Å². The Labute approximate surface area is 124 Å². The first-order chi connectivity index (χ1) is 9.72. The van der Waals surface area contributed by atoms with E-state index in [-0.39, 0.29) is 6.10 Å². The molecule has 2 N–H and O–H groups in total. The molecule has 0 aromatic rings. The third kappa shape index (κ3) is 3.55. The molecule has 2 aliphatic carbocycles. The van der Waals surface area contributed by atoms with Crippen molar-refractivity contribution < 1.29 is 5.11 Å². The van der Waals surface area contributed by atoms with Gasteiger partial charge in [-0.1, -0.05) is 19.3 Å². The highest BCUT2D eigenvalue weighted by Crippen LogP contribution is 2.30. The first-order valence-electron chi connectivity index (χ1n) is 8.88. The van der Waals surface area contributed by atoms with Gasteiger partial charge < -0.3 is 10.4 Å². The summed E-state index contributed by atoms with van der Waals surface area (Å²) in [5, 5.41) is 13.8. The van der Waals surface area contributed by atoms with Crippen LogP contribution in [0.4, 0.5) is 0 Å². The Morgan fingerprint density at radius 1 is 1.10 bits per heavy atom. The molecular formula is C17H32N2O. The van der Waals surface area contributed by atoms with Crippen molar-refractivity contribution in [2.45, 2.75) is 76.5 Å². The highest BCUT2D eigenvalue weighted by molar-refractivity contribution is 4.90. The summed E-state index contributed by atoms with van der Waals surface area (Å²) >= 11 is 0. The van der Waals surface area contributed by atoms with Crippen LogP contribution in [0, 0.1) is 11.8 Å². The number of aliphatic hydroxyl groups is 1. The van der Waals surface area contributed by atoms with Gasteiger partial charge in [0, 0.05) is 25.2 Å². The lowest BCUT2D eigenvalue weighted by atomic mass is 9.84. The normalized spacial score (nSPS) is 35.1. The number of likely N-dealkylation sites (tertiary alicyclic amines) is 1. The average Bonchev–Trinajstić information content (AvgIpc) is 2.90. The van der Waals surface area contributed by atoms with Crippen LogP contribution in [0.25, 0.3) is 0 Å². The molecule has 3 aliphatic rings. The summed E-state index contributed by atoms with van der Waals surface area (Å²) < 4.78 is 0. The van der Waals surface area contributed by atoms with E-state index in [2.05, 4.69) is 10.2 Å². The molecule has 3 nitrogen and oxygen atoms in total. The van der Waals surface area contributed by atoms with E-state index in [0.717, 1.165) is 24.9 Å². The van der Waals surface area contributed by atoms with Crippen LogP contribution in [0.5, 0.6) is 0 Å². The van der Waals surface area contributed by atoms with Crippen LogP contribution in [0.15, 0.2) is 0 Å². The maximum Gasteiger partial charge on any atom is 0.0553 e.